The minimum Gasteiger partial charge on any atom is -0.445 e. The van der Waals surface area contributed by atoms with Gasteiger partial charge >= 0.3 is 6.09 Å². The van der Waals surface area contributed by atoms with Crippen molar-refractivity contribution in [1.82, 2.24) is 4.90 Å². The third kappa shape index (κ3) is 4.21. The summed E-state index contributed by atoms with van der Waals surface area (Å²) < 4.78 is 5.44. The van der Waals surface area contributed by atoms with Crippen molar-refractivity contribution >= 4 is 11.8 Å². The molecule has 0 radical (unpaired) electrons. The summed E-state index contributed by atoms with van der Waals surface area (Å²) in [6.07, 6.45) is 5.10. The Bertz CT molecular complexity index is 607. The van der Waals surface area contributed by atoms with Gasteiger partial charge in [0.2, 0.25) is 0 Å². The molecule has 4 nitrogen and oxygen atoms in total. The Morgan fingerprint density at radius 2 is 2.17 bits per heavy atom. The van der Waals surface area contributed by atoms with E-state index in [9.17, 15) is 4.79 Å². The first-order chi connectivity index (χ1) is 11.2. The molecule has 1 aromatic rings. The minimum absolute atomic E-state index is 0.232. The minimum atomic E-state index is -0.232. The molecule has 2 aliphatic rings. The van der Waals surface area contributed by atoms with Crippen molar-refractivity contribution in [2.24, 2.45) is 10.9 Å². The summed E-state index contributed by atoms with van der Waals surface area (Å²) in [5.41, 5.74) is 3.41. The summed E-state index contributed by atoms with van der Waals surface area (Å²) in [7, 11) is 0. The van der Waals surface area contributed by atoms with E-state index in [4.69, 9.17) is 9.73 Å². The molecule has 1 aromatic carbocycles. The average Bonchev–Trinajstić information content (AvgIpc) is 2.61. The molecular formula is C19H24N2O2. The van der Waals surface area contributed by atoms with Gasteiger partial charge in [-0.2, -0.15) is 0 Å². The van der Waals surface area contributed by atoms with Crippen LogP contribution in [0.2, 0.25) is 0 Å². The van der Waals surface area contributed by atoms with E-state index >= 15 is 0 Å². The van der Waals surface area contributed by atoms with Crippen molar-refractivity contribution in [3.63, 3.8) is 0 Å². The van der Waals surface area contributed by atoms with Gasteiger partial charge in [-0.3, -0.25) is 4.99 Å². The third-order valence-corrected chi connectivity index (χ3v) is 4.45. The largest absolute Gasteiger partial charge is 0.445 e. The van der Waals surface area contributed by atoms with Gasteiger partial charge in [-0.15, -0.1) is 0 Å². The van der Waals surface area contributed by atoms with Gasteiger partial charge in [-0.1, -0.05) is 43.3 Å². The van der Waals surface area contributed by atoms with Crippen LogP contribution in [-0.4, -0.2) is 36.3 Å². The molecule has 0 aromatic heterocycles. The first kappa shape index (κ1) is 15.8. The fourth-order valence-electron chi connectivity index (χ4n) is 3.00. The molecule has 1 unspecified atom stereocenters. The van der Waals surface area contributed by atoms with Gasteiger partial charge < -0.3 is 9.64 Å². The molecular weight excluding hydrogens is 288 g/mol. The zero-order valence-electron chi connectivity index (χ0n) is 13.7. The summed E-state index contributed by atoms with van der Waals surface area (Å²) in [4.78, 5) is 18.8. The van der Waals surface area contributed by atoms with Crippen LogP contribution >= 0.6 is 0 Å². The van der Waals surface area contributed by atoms with Crippen LogP contribution in [0.4, 0.5) is 4.79 Å². The molecule has 1 amide bonds. The van der Waals surface area contributed by atoms with Crippen LogP contribution < -0.4 is 0 Å². The zero-order valence-corrected chi connectivity index (χ0v) is 13.7. The van der Waals surface area contributed by atoms with Crippen molar-refractivity contribution in [2.45, 2.75) is 32.8 Å². The smallest absolute Gasteiger partial charge is 0.410 e. The maximum Gasteiger partial charge on any atom is 0.410 e. The second-order valence-electron chi connectivity index (χ2n) is 6.41. The van der Waals surface area contributed by atoms with Crippen molar-refractivity contribution in [1.29, 1.82) is 0 Å². The summed E-state index contributed by atoms with van der Waals surface area (Å²) in [5, 5.41) is 0. The molecule has 122 valence electrons. The lowest BCUT2D eigenvalue weighted by Gasteiger charge is -2.29. The van der Waals surface area contributed by atoms with Crippen LogP contribution in [0.1, 0.15) is 31.7 Å². The molecule has 1 atom stereocenters. The Labute approximate surface area is 137 Å². The number of ether oxygens (including phenoxy) is 1. The monoisotopic (exact) mass is 312 g/mol. The van der Waals surface area contributed by atoms with Gasteiger partial charge in [0.15, 0.2) is 0 Å². The lowest BCUT2D eigenvalue weighted by molar-refractivity contribution is 0.0988. The van der Waals surface area contributed by atoms with E-state index < -0.39 is 0 Å². The zero-order chi connectivity index (χ0) is 16.1. The Hall–Kier alpha value is -2.10. The van der Waals surface area contributed by atoms with E-state index in [1.54, 1.807) is 4.90 Å². The van der Waals surface area contributed by atoms with E-state index in [0.29, 0.717) is 19.1 Å². The number of aliphatic imine (C=N–C) groups is 1. The number of benzene rings is 1. The van der Waals surface area contributed by atoms with Crippen molar-refractivity contribution in [2.75, 3.05) is 19.6 Å². The van der Waals surface area contributed by atoms with Crippen LogP contribution in [0.5, 0.6) is 0 Å². The number of hydrogen-bond donors (Lipinski definition) is 0. The Kier molecular flexibility index (Phi) is 5.11. The number of nitrogens with zero attached hydrogens (tertiary/aromatic N) is 2. The predicted octanol–water partition coefficient (Wildman–Crippen LogP) is 3.83. The fourth-order valence-corrected chi connectivity index (χ4v) is 3.00. The van der Waals surface area contributed by atoms with Gasteiger partial charge in [-0.25, -0.2) is 4.79 Å². The normalized spacial score (nSPS) is 21.4. The highest BCUT2D eigenvalue weighted by Crippen LogP contribution is 2.21. The van der Waals surface area contributed by atoms with E-state index in [1.807, 2.05) is 30.3 Å². The van der Waals surface area contributed by atoms with Gasteiger partial charge in [-0.05, 0) is 36.3 Å². The maximum absolute atomic E-state index is 12.3. The summed E-state index contributed by atoms with van der Waals surface area (Å²) in [5.74, 6) is 0.676. The molecule has 0 saturated carbocycles. The van der Waals surface area contributed by atoms with Crippen LogP contribution in [-0.2, 0) is 11.3 Å². The number of rotatable bonds is 3. The van der Waals surface area contributed by atoms with Gasteiger partial charge in [0.05, 0.1) is 6.54 Å². The molecule has 2 aliphatic heterocycles. The summed E-state index contributed by atoms with van der Waals surface area (Å²) in [6, 6.07) is 9.79. The lowest BCUT2D eigenvalue weighted by atomic mass is 9.94. The number of carbonyl (C=O) groups excluding carboxylic acids is 1. The van der Waals surface area contributed by atoms with Crippen molar-refractivity contribution in [3.05, 3.63) is 47.5 Å². The standard InChI is InChI=1S/C19H24N2O2/c1-15-9-10-18(20-12-15)17-8-5-11-21(13-17)19(22)23-14-16-6-3-2-4-7-16/h2-4,6-8,15H,5,9-14H2,1H3. The maximum atomic E-state index is 12.3. The number of carbonyl (C=O) groups is 1. The molecule has 0 fully saturated rings. The molecule has 3 rings (SSSR count). The average molecular weight is 312 g/mol. The molecule has 0 bridgehead atoms. The highest BCUT2D eigenvalue weighted by molar-refractivity contribution is 6.01. The highest BCUT2D eigenvalue weighted by Gasteiger charge is 2.23. The Balaban J connectivity index is 1.55. The predicted molar refractivity (Wildman–Crippen MR) is 91.6 cm³/mol. The SMILES string of the molecule is CC1CCC(C2=CCCN(C(=O)OCc3ccccc3)C2)=NC1. The van der Waals surface area contributed by atoms with Crippen molar-refractivity contribution in [3.8, 4) is 0 Å². The summed E-state index contributed by atoms with van der Waals surface area (Å²) >= 11 is 0. The molecule has 4 heteroatoms. The molecule has 0 aliphatic carbocycles. The van der Waals surface area contributed by atoms with Crippen LogP contribution in [0, 0.1) is 5.92 Å². The van der Waals surface area contributed by atoms with Crippen molar-refractivity contribution < 1.29 is 9.53 Å². The second kappa shape index (κ2) is 7.44. The van der Waals surface area contributed by atoms with Crippen LogP contribution in [0.15, 0.2) is 47.0 Å². The number of hydrogen-bond acceptors (Lipinski definition) is 3. The van der Waals surface area contributed by atoms with Crippen LogP contribution in [0.3, 0.4) is 0 Å². The molecule has 23 heavy (non-hydrogen) atoms. The summed E-state index contributed by atoms with van der Waals surface area (Å²) in [6.45, 7) is 4.82. The van der Waals surface area contributed by atoms with E-state index in [-0.39, 0.29) is 6.09 Å². The first-order valence-corrected chi connectivity index (χ1v) is 8.40. The van der Waals surface area contributed by atoms with Crippen LogP contribution in [0.25, 0.3) is 0 Å². The molecule has 0 N–H and O–H groups in total. The van der Waals surface area contributed by atoms with E-state index in [0.717, 1.165) is 31.5 Å². The van der Waals surface area contributed by atoms with Gasteiger partial charge in [0, 0.05) is 18.8 Å². The fraction of sp³-hybridized carbons (Fsp3) is 0.474. The highest BCUT2D eigenvalue weighted by atomic mass is 16.6. The second-order valence-corrected chi connectivity index (χ2v) is 6.41. The molecule has 2 heterocycles. The van der Waals surface area contributed by atoms with E-state index in [2.05, 4.69) is 13.0 Å². The quantitative estimate of drug-likeness (QED) is 0.851. The number of amides is 1. The van der Waals surface area contributed by atoms with Gasteiger partial charge in [0.1, 0.15) is 6.61 Å². The first-order valence-electron chi connectivity index (χ1n) is 8.40. The third-order valence-electron chi connectivity index (χ3n) is 4.45. The molecule has 0 saturated heterocycles. The Morgan fingerprint density at radius 3 is 2.91 bits per heavy atom. The Morgan fingerprint density at radius 1 is 1.35 bits per heavy atom. The topological polar surface area (TPSA) is 41.9 Å². The van der Waals surface area contributed by atoms with Gasteiger partial charge in [0.25, 0.3) is 0 Å². The van der Waals surface area contributed by atoms with E-state index in [1.165, 1.54) is 17.7 Å². The lowest BCUT2D eigenvalue weighted by Crippen LogP contribution is -2.38. The molecule has 0 spiro atoms.